The lowest BCUT2D eigenvalue weighted by atomic mass is 10.2. The lowest BCUT2D eigenvalue weighted by molar-refractivity contribution is 0.0697. The molecule has 0 aliphatic heterocycles. The van der Waals surface area contributed by atoms with Crippen LogP contribution in [0.4, 0.5) is 10.5 Å². The van der Waals surface area contributed by atoms with E-state index in [0.717, 1.165) is 0 Å². The van der Waals surface area contributed by atoms with Gasteiger partial charge < -0.3 is 15.3 Å². The van der Waals surface area contributed by atoms with E-state index in [1.54, 1.807) is 14.0 Å². The van der Waals surface area contributed by atoms with Crippen molar-refractivity contribution in [2.75, 3.05) is 18.9 Å². The highest BCUT2D eigenvalue weighted by Gasteiger charge is 2.14. The minimum absolute atomic E-state index is 0.0856. The van der Waals surface area contributed by atoms with Gasteiger partial charge >= 0.3 is 12.0 Å². The molecule has 1 aromatic carbocycles. The highest BCUT2D eigenvalue weighted by atomic mass is 35.5. The van der Waals surface area contributed by atoms with Gasteiger partial charge in [-0.1, -0.05) is 11.6 Å². The standard InChI is InChI=1S/C13H14ClN3O3/c1-8(6-15)7-17(2)13(20)16-9-3-4-11(14)10(5-9)12(18)19/h3-5,8H,7H2,1-2H3,(H,16,20)(H,18,19). The van der Waals surface area contributed by atoms with Crippen LogP contribution < -0.4 is 5.32 Å². The number of rotatable bonds is 4. The fourth-order valence-electron chi connectivity index (χ4n) is 1.52. The minimum atomic E-state index is -1.17. The van der Waals surface area contributed by atoms with Crippen LogP contribution >= 0.6 is 11.6 Å². The number of carboxylic acid groups (broad SMARTS) is 1. The van der Waals surface area contributed by atoms with Crippen molar-refractivity contribution in [1.29, 1.82) is 5.26 Å². The molecule has 1 atom stereocenters. The van der Waals surface area contributed by atoms with Gasteiger partial charge in [0.1, 0.15) is 0 Å². The Morgan fingerprint density at radius 3 is 2.75 bits per heavy atom. The van der Waals surface area contributed by atoms with Crippen LogP contribution in [0.3, 0.4) is 0 Å². The predicted molar refractivity (Wildman–Crippen MR) is 74.8 cm³/mol. The summed E-state index contributed by atoms with van der Waals surface area (Å²) in [5.41, 5.74) is 0.241. The maximum Gasteiger partial charge on any atom is 0.337 e. The third kappa shape index (κ3) is 4.14. The summed E-state index contributed by atoms with van der Waals surface area (Å²) in [7, 11) is 1.55. The smallest absolute Gasteiger partial charge is 0.337 e. The summed E-state index contributed by atoms with van der Waals surface area (Å²) in [6.45, 7) is 1.98. The molecule has 0 aromatic heterocycles. The monoisotopic (exact) mass is 295 g/mol. The van der Waals surface area contributed by atoms with Gasteiger partial charge in [-0.15, -0.1) is 0 Å². The number of hydrogen-bond donors (Lipinski definition) is 2. The van der Waals surface area contributed by atoms with Crippen LogP contribution in [0.2, 0.25) is 5.02 Å². The Morgan fingerprint density at radius 1 is 1.55 bits per heavy atom. The lowest BCUT2D eigenvalue weighted by Crippen LogP contribution is -2.34. The molecule has 6 nitrogen and oxygen atoms in total. The quantitative estimate of drug-likeness (QED) is 0.893. The molecule has 0 saturated heterocycles. The summed E-state index contributed by atoms with van der Waals surface area (Å²) in [6, 6.07) is 5.80. The summed E-state index contributed by atoms with van der Waals surface area (Å²) in [5, 5.41) is 20.3. The number of benzene rings is 1. The van der Waals surface area contributed by atoms with E-state index >= 15 is 0 Å². The molecule has 0 bridgehead atoms. The molecule has 20 heavy (non-hydrogen) atoms. The first-order chi connectivity index (χ1) is 9.35. The van der Waals surface area contributed by atoms with E-state index in [9.17, 15) is 9.59 Å². The maximum absolute atomic E-state index is 11.9. The first kappa shape index (κ1) is 15.8. The highest BCUT2D eigenvalue weighted by molar-refractivity contribution is 6.33. The van der Waals surface area contributed by atoms with Crippen molar-refractivity contribution in [3.8, 4) is 6.07 Å². The topological polar surface area (TPSA) is 93.4 Å². The molecular weight excluding hydrogens is 282 g/mol. The van der Waals surface area contributed by atoms with Gasteiger partial charge in [0.25, 0.3) is 0 Å². The number of hydrogen-bond acceptors (Lipinski definition) is 3. The summed E-state index contributed by atoms with van der Waals surface area (Å²) in [6.07, 6.45) is 0. The molecule has 0 saturated carbocycles. The average Bonchev–Trinajstić information content (AvgIpc) is 2.40. The average molecular weight is 296 g/mol. The molecule has 106 valence electrons. The maximum atomic E-state index is 11.9. The number of carbonyl (C=O) groups excluding carboxylic acids is 1. The van der Waals surface area contributed by atoms with Gasteiger partial charge in [0, 0.05) is 19.3 Å². The van der Waals surface area contributed by atoms with Crippen LogP contribution in [0.25, 0.3) is 0 Å². The number of urea groups is 1. The number of amides is 2. The van der Waals surface area contributed by atoms with Crippen molar-refractivity contribution < 1.29 is 14.7 Å². The van der Waals surface area contributed by atoms with Crippen molar-refractivity contribution in [2.24, 2.45) is 5.92 Å². The third-order valence-electron chi connectivity index (χ3n) is 2.56. The van der Waals surface area contributed by atoms with Gasteiger partial charge in [0.15, 0.2) is 0 Å². The molecule has 0 spiro atoms. The van der Waals surface area contributed by atoms with Gasteiger partial charge in [-0.3, -0.25) is 0 Å². The highest BCUT2D eigenvalue weighted by Crippen LogP contribution is 2.20. The summed E-state index contributed by atoms with van der Waals surface area (Å²) in [4.78, 5) is 24.1. The summed E-state index contributed by atoms with van der Waals surface area (Å²) < 4.78 is 0. The van der Waals surface area contributed by atoms with Crippen LogP contribution in [0.15, 0.2) is 18.2 Å². The van der Waals surface area contributed by atoms with Crippen LogP contribution in [-0.2, 0) is 0 Å². The minimum Gasteiger partial charge on any atom is -0.478 e. The van der Waals surface area contributed by atoms with Crippen LogP contribution in [-0.4, -0.2) is 35.6 Å². The Morgan fingerprint density at radius 2 is 2.20 bits per heavy atom. The number of halogens is 1. The number of carboxylic acids is 1. The Bertz CT molecular complexity index is 568. The second-order valence-corrected chi connectivity index (χ2v) is 4.75. The third-order valence-corrected chi connectivity index (χ3v) is 2.89. The van der Waals surface area contributed by atoms with Crippen molar-refractivity contribution in [1.82, 2.24) is 4.90 Å². The van der Waals surface area contributed by atoms with Crippen LogP contribution in [0.1, 0.15) is 17.3 Å². The molecule has 0 heterocycles. The second kappa shape index (κ2) is 6.78. The molecular formula is C13H14ClN3O3. The molecule has 1 rings (SSSR count). The zero-order chi connectivity index (χ0) is 15.3. The normalized spacial score (nSPS) is 11.3. The second-order valence-electron chi connectivity index (χ2n) is 4.34. The summed E-state index contributed by atoms with van der Waals surface area (Å²) >= 11 is 5.74. The molecule has 2 amide bonds. The predicted octanol–water partition coefficient (Wildman–Crippen LogP) is 2.66. The Hall–Kier alpha value is -2.26. The zero-order valence-electron chi connectivity index (χ0n) is 11.1. The number of nitrogens with zero attached hydrogens (tertiary/aromatic N) is 2. The van der Waals surface area contributed by atoms with E-state index in [1.807, 2.05) is 6.07 Å². The summed E-state index contributed by atoms with van der Waals surface area (Å²) in [5.74, 6) is -1.46. The van der Waals surface area contributed by atoms with E-state index in [-0.39, 0.29) is 23.0 Å². The van der Waals surface area contributed by atoms with Crippen molar-refractivity contribution in [3.05, 3.63) is 28.8 Å². The first-order valence-electron chi connectivity index (χ1n) is 5.79. The number of nitrogens with one attached hydrogen (secondary N) is 1. The first-order valence-corrected chi connectivity index (χ1v) is 6.17. The zero-order valence-corrected chi connectivity index (χ0v) is 11.8. The van der Waals surface area contributed by atoms with E-state index < -0.39 is 12.0 Å². The van der Waals surface area contributed by atoms with Crippen LogP contribution in [0.5, 0.6) is 0 Å². The van der Waals surface area contributed by atoms with Crippen molar-refractivity contribution in [3.63, 3.8) is 0 Å². The van der Waals surface area contributed by atoms with E-state index in [4.69, 9.17) is 22.0 Å². The molecule has 0 radical (unpaired) electrons. The van der Waals surface area contributed by atoms with Crippen molar-refractivity contribution >= 4 is 29.3 Å². The van der Waals surface area contributed by atoms with Gasteiger partial charge in [-0.05, 0) is 25.1 Å². The van der Waals surface area contributed by atoms with Gasteiger partial charge in [0.05, 0.1) is 22.6 Å². The van der Waals surface area contributed by atoms with Gasteiger partial charge in [0.2, 0.25) is 0 Å². The fraction of sp³-hybridized carbons (Fsp3) is 0.308. The number of carbonyl (C=O) groups is 2. The fourth-order valence-corrected chi connectivity index (χ4v) is 1.72. The van der Waals surface area contributed by atoms with Crippen molar-refractivity contribution in [2.45, 2.75) is 6.92 Å². The lowest BCUT2D eigenvalue weighted by Gasteiger charge is -2.19. The van der Waals surface area contributed by atoms with E-state index in [2.05, 4.69) is 5.32 Å². The molecule has 2 N–H and O–H groups in total. The van der Waals surface area contributed by atoms with Crippen LogP contribution in [0, 0.1) is 17.2 Å². The number of anilines is 1. The SMILES string of the molecule is CC(C#N)CN(C)C(=O)Nc1ccc(Cl)c(C(=O)O)c1. The van der Waals surface area contributed by atoms with E-state index in [1.165, 1.54) is 23.1 Å². The molecule has 1 unspecified atom stereocenters. The molecule has 7 heteroatoms. The Balaban J connectivity index is 2.79. The Kier molecular flexibility index (Phi) is 5.35. The molecule has 0 aliphatic carbocycles. The molecule has 1 aromatic rings. The molecule has 0 fully saturated rings. The molecule has 0 aliphatic rings. The Labute approximate surface area is 121 Å². The number of nitriles is 1. The van der Waals surface area contributed by atoms with E-state index in [0.29, 0.717) is 5.69 Å². The van der Waals surface area contributed by atoms with Gasteiger partial charge in [-0.25, -0.2) is 9.59 Å². The number of aromatic carboxylic acids is 1. The van der Waals surface area contributed by atoms with Gasteiger partial charge in [-0.2, -0.15) is 5.26 Å². The largest absolute Gasteiger partial charge is 0.478 e.